The van der Waals surface area contributed by atoms with Crippen LogP contribution in [0.25, 0.3) is 100 Å². The first-order valence-corrected chi connectivity index (χ1v) is 19.2. The first-order chi connectivity index (χ1) is 28.1. The molecule has 0 fully saturated rings. The molecule has 3 heterocycles. The molecule has 0 amide bonds. The molecule has 0 saturated carbocycles. The van der Waals surface area contributed by atoms with Crippen molar-refractivity contribution in [1.29, 1.82) is 0 Å². The van der Waals surface area contributed by atoms with Crippen LogP contribution in [0.5, 0.6) is 0 Å². The number of aromatic nitrogens is 4. The van der Waals surface area contributed by atoms with Crippen LogP contribution in [-0.4, -0.2) is 19.9 Å². The Labute approximate surface area is 331 Å². The van der Waals surface area contributed by atoms with Gasteiger partial charge in [-0.05, 0) is 53.4 Å². The second kappa shape index (κ2) is 14.6. The third kappa shape index (κ3) is 6.75. The number of hydrogen-bond acceptors (Lipinski definition) is 4. The van der Waals surface area contributed by atoms with Gasteiger partial charge in [-0.15, -0.1) is 0 Å². The van der Waals surface area contributed by atoms with Crippen molar-refractivity contribution in [2.24, 2.45) is 0 Å². The summed E-state index contributed by atoms with van der Waals surface area (Å²) < 4.78 is 0. The number of nitrogens with zero attached hydrogens (tertiary/aromatic N) is 4. The number of benzene rings is 7. The highest BCUT2D eigenvalue weighted by molar-refractivity contribution is 6.10. The molecule has 0 bridgehead atoms. The Morgan fingerprint density at radius 2 is 0.789 bits per heavy atom. The van der Waals surface area contributed by atoms with E-state index in [1.54, 1.807) is 0 Å². The van der Waals surface area contributed by atoms with Gasteiger partial charge in [-0.1, -0.05) is 181 Å². The quantitative estimate of drug-likeness (QED) is 0.153. The van der Waals surface area contributed by atoms with Crippen LogP contribution in [0.15, 0.2) is 200 Å². The van der Waals surface area contributed by atoms with Crippen LogP contribution in [0.2, 0.25) is 0 Å². The first kappa shape index (κ1) is 34.0. The molecule has 57 heavy (non-hydrogen) atoms. The van der Waals surface area contributed by atoms with E-state index in [0.29, 0.717) is 5.82 Å². The van der Waals surface area contributed by atoms with E-state index in [1.165, 1.54) is 5.56 Å². The van der Waals surface area contributed by atoms with Crippen LogP contribution in [0, 0.1) is 6.92 Å². The van der Waals surface area contributed by atoms with Gasteiger partial charge in [0.2, 0.25) is 0 Å². The summed E-state index contributed by atoms with van der Waals surface area (Å²) in [6, 6.07) is 69.8. The van der Waals surface area contributed by atoms with Crippen molar-refractivity contribution in [2.45, 2.75) is 6.92 Å². The molecule has 10 aromatic rings. The summed E-state index contributed by atoms with van der Waals surface area (Å²) in [5.41, 5.74) is 16.3. The summed E-state index contributed by atoms with van der Waals surface area (Å²) in [6.07, 6.45) is 0. The molecule has 0 unspecified atom stereocenters. The fourth-order valence-corrected chi connectivity index (χ4v) is 7.52. The van der Waals surface area contributed by atoms with Gasteiger partial charge >= 0.3 is 0 Å². The monoisotopic (exact) mass is 728 g/mol. The molecule has 0 radical (unpaired) electrons. The molecular weight excluding hydrogens is 693 g/mol. The van der Waals surface area contributed by atoms with Gasteiger partial charge in [0.15, 0.2) is 5.82 Å². The predicted octanol–water partition coefficient (Wildman–Crippen LogP) is 13.6. The summed E-state index contributed by atoms with van der Waals surface area (Å²) in [6.45, 7) is 2.10. The zero-order valence-corrected chi connectivity index (χ0v) is 31.3. The Morgan fingerprint density at radius 3 is 1.46 bits per heavy atom. The van der Waals surface area contributed by atoms with Gasteiger partial charge in [0.05, 0.1) is 33.8 Å². The van der Waals surface area contributed by atoms with E-state index in [9.17, 15) is 0 Å². The van der Waals surface area contributed by atoms with Crippen molar-refractivity contribution in [3.05, 3.63) is 206 Å². The van der Waals surface area contributed by atoms with Gasteiger partial charge in [0.25, 0.3) is 0 Å². The van der Waals surface area contributed by atoms with Crippen molar-refractivity contribution < 1.29 is 0 Å². The number of pyridine rings is 2. The SMILES string of the molecule is Cc1ccc(-c2cc(-c3ccc(-c4cccc(-c5cc(-c6ccccc6)nc6c5ccc5ccc(-c7ccccc7)nc56)c4)cc3)nc(-c3ccccc3)n2)cc1. The third-order valence-corrected chi connectivity index (χ3v) is 10.6. The Kier molecular flexibility index (Phi) is 8.69. The van der Waals surface area contributed by atoms with Gasteiger partial charge in [-0.2, -0.15) is 0 Å². The molecule has 0 aliphatic rings. The maximum Gasteiger partial charge on any atom is 0.160 e. The van der Waals surface area contributed by atoms with E-state index < -0.39 is 0 Å². The summed E-state index contributed by atoms with van der Waals surface area (Å²) in [4.78, 5) is 20.6. The van der Waals surface area contributed by atoms with Gasteiger partial charge in [-0.25, -0.2) is 19.9 Å². The molecule has 7 aromatic carbocycles. The van der Waals surface area contributed by atoms with Crippen LogP contribution in [-0.2, 0) is 0 Å². The highest BCUT2D eigenvalue weighted by Crippen LogP contribution is 2.38. The van der Waals surface area contributed by atoms with Crippen LogP contribution >= 0.6 is 0 Å². The number of hydrogen-bond donors (Lipinski definition) is 0. The van der Waals surface area contributed by atoms with Crippen LogP contribution in [0.1, 0.15) is 5.56 Å². The minimum atomic E-state index is 0.708. The lowest BCUT2D eigenvalue weighted by Gasteiger charge is -2.14. The average molecular weight is 729 g/mol. The minimum absolute atomic E-state index is 0.708. The largest absolute Gasteiger partial charge is 0.245 e. The maximum atomic E-state index is 5.30. The van der Waals surface area contributed by atoms with Crippen molar-refractivity contribution in [1.82, 2.24) is 19.9 Å². The topological polar surface area (TPSA) is 51.6 Å². The lowest BCUT2D eigenvalue weighted by atomic mass is 9.94. The van der Waals surface area contributed by atoms with E-state index in [1.807, 2.05) is 30.3 Å². The maximum absolute atomic E-state index is 5.30. The standard InChI is InChI=1S/C53H36N4/c1-35-20-22-39(23-21-35)49-34-50(57-53(56-49)42-16-9-4-10-17-42)40-26-24-36(25-27-40)43-18-11-19-44(32-43)46-33-48(38-14-7-3-8-15-38)55-52-45(46)30-28-41-29-31-47(54-51(41)52)37-12-5-2-6-13-37/h2-34H,1H3. The summed E-state index contributed by atoms with van der Waals surface area (Å²) >= 11 is 0. The highest BCUT2D eigenvalue weighted by Gasteiger charge is 2.16. The Morgan fingerprint density at radius 1 is 0.298 bits per heavy atom. The molecule has 0 N–H and O–H groups in total. The second-order valence-electron chi connectivity index (χ2n) is 14.4. The molecular formula is C53H36N4. The lowest BCUT2D eigenvalue weighted by molar-refractivity contribution is 1.18. The molecule has 4 heteroatoms. The van der Waals surface area contributed by atoms with E-state index in [0.717, 1.165) is 94.7 Å². The van der Waals surface area contributed by atoms with Crippen LogP contribution < -0.4 is 0 Å². The fraction of sp³-hybridized carbons (Fsp3) is 0.0189. The van der Waals surface area contributed by atoms with Crippen molar-refractivity contribution >= 4 is 21.8 Å². The Bertz CT molecular complexity index is 3030. The smallest absolute Gasteiger partial charge is 0.160 e. The van der Waals surface area contributed by atoms with E-state index in [-0.39, 0.29) is 0 Å². The molecule has 4 nitrogen and oxygen atoms in total. The number of fused-ring (bicyclic) bond motifs is 3. The van der Waals surface area contributed by atoms with Crippen LogP contribution in [0.4, 0.5) is 0 Å². The van der Waals surface area contributed by atoms with E-state index in [4.69, 9.17) is 19.9 Å². The first-order valence-electron chi connectivity index (χ1n) is 19.2. The minimum Gasteiger partial charge on any atom is -0.245 e. The zero-order chi connectivity index (χ0) is 38.1. The van der Waals surface area contributed by atoms with Gasteiger partial charge < -0.3 is 0 Å². The molecule has 268 valence electrons. The fourth-order valence-electron chi connectivity index (χ4n) is 7.52. The zero-order valence-electron chi connectivity index (χ0n) is 31.3. The molecule has 3 aromatic heterocycles. The number of aryl methyl sites for hydroxylation is 1. The molecule has 0 spiro atoms. The average Bonchev–Trinajstić information content (AvgIpc) is 3.29. The van der Waals surface area contributed by atoms with Gasteiger partial charge in [0.1, 0.15) is 0 Å². The molecule has 0 aliphatic carbocycles. The summed E-state index contributed by atoms with van der Waals surface area (Å²) in [5.74, 6) is 0.708. The van der Waals surface area contributed by atoms with Gasteiger partial charge in [0, 0.05) is 38.6 Å². The summed E-state index contributed by atoms with van der Waals surface area (Å²) in [5, 5.41) is 2.12. The Hall–Kier alpha value is -7.56. The molecule has 10 rings (SSSR count). The predicted molar refractivity (Wildman–Crippen MR) is 235 cm³/mol. The normalized spacial score (nSPS) is 11.2. The molecule has 0 atom stereocenters. The highest BCUT2D eigenvalue weighted by atomic mass is 14.9. The van der Waals surface area contributed by atoms with Crippen molar-refractivity contribution in [2.75, 3.05) is 0 Å². The third-order valence-electron chi connectivity index (χ3n) is 10.6. The van der Waals surface area contributed by atoms with E-state index in [2.05, 4.69) is 177 Å². The van der Waals surface area contributed by atoms with Crippen LogP contribution in [0.3, 0.4) is 0 Å². The van der Waals surface area contributed by atoms with Crippen molar-refractivity contribution in [3.8, 4) is 78.7 Å². The number of rotatable bonds is 7. The van der Waals surface area contributed by atoms with Gasteiger partial charge in [-0.3, -0.25) is 0 Å². The van der Waals surface area contributed by atoms with E-state index >= 15 is 0 Å². The van der Waals surface area contributed by atoms with Crippen molar-refractivity contribution in [3.63, 3.8) is 0 Å². The molecule has 0 aliphatic heterocycles. The molecule has 0 saturated heterocycles. The second-order valence-corrected chi connectivity index (χ2v) is 14.4. The lowest BCUT2D eigenvalue weighted by Crippen LogP contribution is -1.96. The summed E-state index contributed by atoms with van der Waals surface area (Å²) in [7, 11) is 0. The Balaban J connectivity index is 1.06.